The van der Waals surface area contributed by atoms with Crippen LogP contribution >= 0.6 is 0 Å². The van der Waals surface area contributed by atoms with Crippen LogP contribution in [0.15, 0.2) is 24.3 Å². The predicted molar refractivity (Wildman–Crippen MR) is 60.9 cm³/mol. The number of aryl methyl sites for hydroxylation is 1. The molecule has 1 fully saturated rings. The number of carbonyl (C=O) groups excluding carboxylic acids is 1. The van der Waals surface area contributed by atoms with Gasteiger partial charge in [-0.3, -0.25) is 4.79 Å². The Morgan fingerprint density at radius 2 is 2.00 bits per heavy atom. The van der Waals surface area contributed by atoms with Gasteiger partial charge >= 0.3 is 0 Å². The molecule has 1 aliphatic carbocycles. The summed E-state index contributed by atoms with van der Waals surface area (Å²) in [5.41, 5.74) is 2.05. The number of amides is 1. The third kappa shape index (κ3) is 2.38. The van der Waals surface area contributed by atoms with Crippen LogP contribution in [0.25, 0.3) is 0 Å². The Bertz CT molecular complexity index is 338. The molecule has 15 heavy (non-hydrogen) atoms. The predicted octanol–water partition coefficient (Wildman–Crippen LogP) is 2.53. The van der Waals surface area contributed by atoms with Gasteiger partial charge in [0.2, 0.25) is 0 Å². The molecule has 2 rings (SSSR count). The fourth-order valence-corrected chi connectivity index (χ4v) is 1.71. The van der Waals surface area contributed by atoms with E-state index in [0.29, 0.717) is 6.04 Å². The fraction of sp³-hybridized carbons (Fsp3) is 0.462. The third-order valence-corrected chi connectivity index (χ3v) is 3.06. The largest absolute Gasteiger partial charge is 0.349 e. The standard InChI is InChI=1S/C13H17NO/c1-2-10-6-8-11(9-7-10)13(15)14-12-4-3-5-12/h6-9,12H,2-5H2,1H3,(H,14,15). The van der Waals surface area contributed by atoms with E-state index < -0.39 is 0 Å². The van der Waals surface area contributed by atoms with E-state index in [1.165, 1.54) is 12.0 Å². The van der Waals surface area contributed by atoms with Gasteiger partial charge in [-0.25, -0.2) is 0 Å². The highest BCUT2D eigenvalue weighted by molar-refractivity contribution is 5.94. The van der Waals surface area contributed by atoms with Gasteiger partial charge in [0.05, 0.1) is 0 Å². The molecule has 2 heteroatoms. The maximum atomic E-state index is 11.7. The molecule has 0 bridgehead atoms. The van der Waals surface area contributed by atoms with Crippen molar-refractivity contribution in [3.63, 3.8) is 0 Å². The summed E-state index contributed by atoms with van der Waals surface area (Å²) in [7, 11) is 0. The fourth-order valence-electron chi connectivity index (χ4n) is 1.71. The molecule has 0 aromatic heterocycles. The summed E-state index contributed by atoms with van der Waals surface area (Å²) < 4.78 is 0. The van der Waals surface area contributed by atoms with Crippen LogP contribution in [0.4, 0.5) is 0 Å². The lowest BCUT2D eigenvalue weighted by molar-refractivity contribution is 0.0917. The number of benzene rings is 1. The van der Waals surface area contributed by atoms with Crippen LogP contribution in [-0.4, -0.2) is 11.9 Å². The van der Waals surface area contributed by atoms with Crippen molar-refractivity contribution in [2.45, 2.75) is 38.6 Å². The van der Waals surface area contributed by atoms with Crippen LogP contribution in [0.1, 0.15) is 42.1 Å². The lowest BCUT2D eigenvalue weighted by Crippen LogP contribution is -2.39. The van der Waals surface area contributed by atoms with Crippen LogP contribution < -0.4 is 5.32 Å². The smallest absolute Gasteiger partial charge is 0.251 e. The maximum absolute atomic E-state index is 11.7. The summed E-state index contributed by atoms with van der Waals surface area (Å²) in [5, 5.41) is 3.03. The minimum Gasteiger partial charge on any atom is -0.349 e. The first-order valence-corrected chi connectivity index (χ1v) is 5.69. The van der Waals surface area contributed by atoms with Crippen LogP contribution in [0.2, 0.25) is 0 Å². The van der Waals surface area contributed by atoms with Gasteiger partial charge in [0.25, 0.3) is 5.91 Å². The Morgan fingerprint density at radius 1 is 1.33 bits per heavy atom. The van der Waals surface area contributed by atoms with E-state index >= 15 is 0 Å². The summed E-state index contributed by atoms with van der Waals surface area (Å²) in [6, 6.07) is 8.29. The summed E-state index contributed by atoms with van der Waals surface area (Å²) in [6.07, 6.45) is 4.54. The Hall–Kier alpha value is -1.31. The lowest BCUT2D eigenvalue weighted by Gasteiger charge is -2.26. The van der Waals surface area contributed by atoms with Gasteiger partial charge in [0, 0.05) is 11.6 Å². The van der Waals surface area contributed by atoms with Gasteiger partial charge in [-0.1, -0.05) is 19.1 Å². The van der Waals surface area contributed by atoms with Crippen molar-refractivity contribution in [2.24, 2.45) is 0 Å². The molecule has 2 nitrogen and oxygen atoms in total. The van der Waals surface area contributed by atoms with Crippen molar-refractivity contribution in [3.05, 3.63) is 35.4 Å². The highest BCUT2D eigenvalue weighted by Crippen LogP contribution is 2.18. The molecule has 1 saturated carbocycles. The van der Waals surface area contributed by atoms with Crippen molar-refractivity contribution in [1.82, 2.24) is 5.32 Å². The van der Waals surface area contributed by atoms with E-state index in [9.17, 15) is 4.79 Å². The van der Waals surface area contributed by atoms with E-state index in [4.69, 9.17) is 0 Å². The molecule has 0 radical (unpaired) electrons. The second-order valence-electron chi connectivity index (χ2n) is 4.15. The topological polar surface area (TPSA) is 29.1 Å². The molecule has 80 valence electrons. The van der Waals surface area contributed by atoms with E-state index in [0.717, 1.165) is 24.8 Å². The van der Waals surface area contributed by atoms with E-state index in [1.54, 1.807) is 0 Å². The van der Waals surface area contributed by atoms with Crippen molar-refractivity contribution >= 4 is 5.91 Å². The van der Waals surface area contributed by atoms with Gasteiger partial charge in [0.15, 0.2) is 0 Å². The highest BCUT2D eigenvalue weighted by Gasteiger charge is 2.19. The zero-order chi connectivity index (χ0) is 10.7. The van der Waals surface area contributed by atoms with Crippen molar-refractivity contribution in [3.8, 4) is 0 Å². The first-order valence-electron chi connectivity index (χ1n) is 5.69. The van der Waals surface area contributed by atoms with Crippen molar-refractivity contribution in [1.29, 1.82) is 0 Å². The van der Waals surface area contributed by atoms with Gasteiger partial charge in [0.1, 0.15) is 0 Å². The van der Waals surface area contributed by atoms with Crippen molar-refractivity contribution < 1.29 is 4.79 Å². The molecule has 1 N–H and O–H groups in total. The van der Waals surface area contributed by atoms with Crippen molar-refractivity contribution in [2.75, 3.05) is 0 Å². The maximum Gasteiger partial charge on any atom is 0.251 e. The van der Waals surface area contributed by atoms with Crippen LogP contribution in [0.3, 0.4) is 0 Å². The monoisotopic (exact) mass is 203 g/mol. The van der Waals surface area contributed by atoms with Gasteiger partial charge in [-0.05, 0) is 43.4 Å². The molecule has 0 heterocycles. The molecular formula is C13H17NO. The van der Waals surface area contributed by atoms with Gasteiger partial charge in [-0.2, -0.15) is 0 Å². The average Bonchev–Trinajstić information content (AvgIpc) is 2.23. The number of hydrogen-bond acceptors (Lipinski definition) is 1. The Kier molecular flexibility index (Phi) is 3.05. The Balaban J connectivity index is 1.98. The number of carbonyl (C=O) groups is 1. The zero-order valence-electron chi connectivity index (χ0n) is 9.12. The summed E-state index contributed by atoms with van der Waals surface area (Å²) >= 11 is 0. The summed E-state index contributed by atoms with van der Waals surface area (Å²) in [6.45, 7) is 2.11. The highest BCUT2D eigenvalue weighted by atomic mass is 16.1. The zero-order valence-corrected chi connectivity index (χ0v) is 9.12. The summed E-state index contributed by atoms with van der Waals surface area (Å²) in [5.74, 6) is 0.0716. The quantitative estimate of drug-likeness (QED) is 0.803. The van der Waals surface area contributed by atoms with E-state index in [2.05, 4.69) is 12.2 Å². The second kappa shape index (κ2) is 4.47. The molecule has 0 atom stereocenters. The van der Waals surface area contributed by atoms with E-state index in [1.807, 2.05) is 24.3 Å². The first kappa shape index (κ1) is 10.2. The molecule has 1 aliphatic rings. The van der Waals surface area contributed by atoms with Gasteiger partial charge in [-0.15, -0.1) is 0 Å². The first-order chi connectivity index (χ1) is 7.29. The van der Waals surface area contributed by atoms with E-state index in [-0.39, 0.29) is 5.91 Å². The molecule has 1 aromatic carbocycles. The normalized spacial score (nSPS) is 15.8. The molecule has 0 unspecified atom stereocenters. The number of nitrogens with one attached hydrogen (secondary N) is 1. The second-order valence-corrected chi connectivity index (χ2v) is 4.15. The molecule has 0 saturated heterocycles. The molecule has 1 aromatic rings. The Labute approximate surface area is 90.7 Å². The summed E-state index contributed by atoms with van der Waals surface area (Å²) in [4.78, 5) is 11.7. The minimum absolute atomic E-state index is 0.0716. The SMILES string of the molecule is CCc1ccc(C(=O)NC2CCC2)cc1. The molecular weight excluding hydrogens is 186 g/mol. The molecule has 1 amide bonds. The minimum atomic E-state index is 0.0716. The van der Waals surface area contributed by atoms with Crippen LogP contribution in [-0.2, 0) is 6.42 Å². The van der Waals surface area contributed by atoms with Crippen LogP contribution in [0, 0.1) is 0 Å². The molecule has 0 aliphatic heterocycles. The lowest BCUT2D eigenvalue weighted by atomic mass is 9.93. The van der Waals surface area contributed by atoms with Crippen LogP contribution in [0.5, 0.6) is 0 Å². The Morgan fingerprint density at radius 3 is 2.47 bits per heavy atom. The number of rotatable bonds is 3. The van der Waals surface area contributed by atoms with Gasteiger partial charge < -0.3 is 5.32 Å². The number of hydrogen-bond donors (Lipinski definition) is 1. The third-order valence-electron chi connectivity index (χ3n) is 3.06. The average molecular weight is 203 g/mol. The molecule has 0 spiro atoms.